The Morgan fingerprint density at radius 2 is 2.50 bits per heavy atom. The van der Waals surface area contributed by atoms with Crippen LogP contribution < -0.4 is 5.73 Å². The first-order valence-electron chi connectivity index (χ1n) is 6.17. The number of carbonyl (C=O) groups excluding carboxylic acids is 1. The van der Waals surface area contributed by atoms with E-state index in [0.717, 1.165) is 19.4 Å². The number of carbonyl (C=O) groups is 1. The molecule has 1 unspecified atom stereocenters. The molecule has 2 N–H and O–H groups in total. The summed E-state index contributed by atoms with van der Waals surface area (Å²) < 4.78 is 12.1. The van der Waals surface area contributed by atoms with E-state index in [9.17, 15) is 4.79 Å². The molecule has 1 aromatic rings. The zero-order valence-corrected chi connectivity index (χ0v) is 10.5. The Kier molecular flexibility index (Phi) is 4.27. The monoisotopic (exact) mass is 254 g/mol. The highest BCUT2D eigenvalue weighted by atomic mass is 16.5. The highest BCUT2D eigenvalue weighted by molar-refractivity contribution is 5.88. The summed E-state index contributed by atoms with van der Waals surface area (Å²) in [6, 6.07) is 0. The van der Waals surface area contributed by atoms with Gasteiger partial charge < -0.3 is 15.2 Å². The summed E-state index contributed by atoms with van der Waals surface area (Å²) in [6.45, 7) is 3.62. The van der Waals surface area contributed by atoms with Crippen LogP contribution in [0.1, 0.15) is 35.9 Å². The summed E-state index contributed by atoms with van der Waals surface area (Å²) in [4.78, 5) is 11.7. The second kappa shape index (κ2) is 5.92. The summed E-state index contributed by atoms with van der Waals surface area (Å²) in [5.41, 5.74) is 6.46. The van der Waals surface area contributed by atoms with Crippen molar-refractivity contribution < 1.29 is 14.3 Å². The summed E-state index contributed by atoms with van der Waals surface area (Å²) in [6.07, 6.45) is 2.19. The summed E-state index contributed by atoms with van der Waals surface area (Å²) >= 11 is 0. The molecule has 0 amide bonds. The number of esters is 1. The number of nitrogens with two attached hydrogens (primary N) is 1. The van der Waals surface area contributed by atoms with Crippen molar-refractivity contribution in [1.82, 2.24) is 15.0 Å². The molecule has 100 valence electrons. The third-order valence-electron chi connectivity index (χ3n) is 2.90. The maximum Gasteiger partial charge on any atom is 0.360 e. The van der Waals surface area contributed by atoms with E-state index in [4.69, 9.17) is 15.2 Å². The Bertz CT molecular complexity index is 412. The molecule has 0 radical (unpaired) electrons. The fourth-order valence-corrected chi connectivity index (χ4v) is 2.02. The first-order chi connectivity index (χ1) is 8.76. The van der Waals surface area contributed by atoms with E-state index in [-0.39, 0.29) is 18.3 Å². The molecule has 1 atom stereocenters. The molecule has 7 nitrogen and oxygen atoms in total. The molecule has 0 saturated carbocycles. The first-order valence-corrected chi connectivity index (χ1v) is 6.17. The van der Waals surface area contributed by atoms with E-state index >= 15 is 0 Å². The number of hydrogen-bond acceptors (Lipinski definition) is 6. The summed E-state index contributed by atoms with van der Waals surface area (Å²) in [7, 11) is 0. The van der Waals surface area contributed by atoms with Crippen molar-refractivity contribution in [2.24, 2.45) is 5.73 Å². The van der Waals surface area contributed by atoms with Gasteiger partial charge in [-0.2, -0.15) is 0 Å². The first kappa shape index (κ1) is 13.0. The Morgan fingerprint density at radius 3 is 3.11 bits per heavy atom. The van der Waals surface area contributed by atoms with Crippen LogP contribution in [-0.2, 0) is 22.6 Å². The van der Waals surface area contributed by atoms with Crippen LogP contribution in [0, 0.1) is 0 Å². The number of rotatable bonds is 5. The lowest BCUT2D eigenvalue weighted by Gasteiger charge is -2.11. The number of aromatic nitrogens is 3. The van der Waals surface area contributed by atoms with Crippen molar-refractivity contribution in [3.8, 4) is 0 Å². The third kappa shape index (κ3) is 2.68. The van der Waals surface area contributed by atoms with Crippen LogP contribution >= 0.6 is 0 Å². The molecule has 7 heteroatoms. The van der Waals surface area contributed by atoms with Gasteiger partial charge in [0.1, 0.15) is 0 Å². The zero-order valence-electron chi connectivity index (χ0n) is 10.5. The van der Waals surface area contributed by atoms with Crippen LogP contribution in [0.2, 0.25) is 0 Å². The van der Waals surface area contributed by atoms with Gasteiger partial charge in [0.15, 0.2) is 5.69 Å². The van der Waals surface area contributed by atoms with E-state index in [1.165, 1.54) is 0 Å². The Balaban J connectivity index is 2.13. The van der Waals surface area contributed by atoms with E-state index < -0.39 is 5.97 Å². The molecule has 18 heavy (non-hydrogen) atoms. The van der Waals surface area contributed by atoms with Crippen molar-refractivity contribution in [3.05, 3.63) is 11.4 Å². The maximum atomic E-state index is 11.7. The second-order valence-electron chi connectivity index (χ2n) is 4.13. The lowest BCUT2D eigenvalue weighted by Crippen LogP contribution is -2.20. The minimum absolute atomic E-state index is 0.132. The predicted molar refractivity (Wildman–Crippen MR) is 62.8 cm³/mol. The molecule has 1 aliphatic rings. The van der Waals surface area contributed by atoms with Crippen molar-refractivity contribution in [1.29, 1.82) is 0 Å². The smallest absolute Gasteiger partial charge is 0.360 e. The maximum absolute atomic E-state index is 11.7. The fourth-order valence-electron chi connectivity index (χ4n) is 2.02. The van der Waals surface area contributed by atoms with Gasteiger partial charge in [-0.1, -0.05) is 5.21 Å². The van der Waals surface area contributed by atoms with Crippen LogP contribution in [0.4, 0.5) is 0 Å². The molecule has 1 fully saturated rings. The van der Waals surface area contributed by atoms with Gasteiger partial charge in [0, 0.05) is 13.2 Å². The van der Waals surface area contributed by atoms with E-state index in [1.807, 2.05) is 0 Å². The van der Waals surface area contributed by atoms with E-state index in [0.29, 0.717) is 18.8 Å². The van der Waals surface area contributed by atoms with E-state index in [2.05, 4.69) is 10.3 Å². The van der Waals surface area contributed by atoms with Gasteiger partial charge in [-0.05, 0) is 19.8 Å². The largest absolute Gasteiger partial charge is 0.461 e. The van der Waals surface area contributed by atoms with Crippen LogP contribution in [0.25, 0.3) is 0 Å². The van der Waals surface area contributed by atoms with Crippen LogP contribution in [0.3, 0.4) is 0 Å². The van der Waals surface area contributed by atoms with Gasteiger partial charge in [0.2, 0.25) is 0 Å². The number of hydrogen-bond donors (Lipinski definition) is 1. The second-order valence-corrected chi connectivity index (χ2v) is 4.13. The van der Waals surface area contributed by atoms with Gasteiger partial charge in [0.25, 0.3) is 0 Å². The van der Waals surface area contributed by atoms with Gasteiger partial charge in [0.05, 0.1) is 24.9 Å². The number of nitrogens with zero attached hydrogens (tertiary/aromatic N) is 3. The Hall–Kier alpha value is -1.47. The molecule has 0 aliphatic carbocycles. The molecule has 0 bridgehead atoms. The lowest BCUT2D eigenvalue weighted by atomic mass is 10.2. The molecule has 2 heterocycles. The predicted octanol–water partition coefficient (Wildman–Crippen LogP) is 0.0925. The Morgan fingerprint density at radius 1 is 1.67 bits per heavy atom. The molecule has 1 aliphatic heterocycles. The summed E-state index contributed by atoms with van der Waals surface area (Å²) in [5.74, 6) is -0.475. The fraction of sp³-hybridized carbons (Fsp3) is 0.727. The SMILES string of the molecule is CCOC(=O)c1nnn(CC2CCCO2)c1CN. The number of ether oxygens (including phenoxy) is 2. The minimum Gasteiger partial charge on any atom is -0.461 e. The molecule has 1 aromatic heterocycles. The van der Waals surface area contributed by atoms with Crippen LogP contribution in [-0.4, -0.2) is 40.3 Å². The lowest BCUT2D eigenvalue weighted by molar-refractivity contribution is 0.0517. The third-order valence-corrected chi connectivity index (χ3v) is 2.90. The minimum atomic E-state index is -0.475. The molecule has 1 saturated heterocycles. The van der Waals surface area contributed by atoms with Crippen molar-refractivity contribution in [3.63, 3.8) is 0 Å². The van der Waals surface area contributed by atoms with Crippen molar-refractivity contribution in [2.75, 3.05) is 13.2 Å². The average molecular weight is 254 g/mol. The zero-order chi connectivity index (χ0) is 13.0. The van der Waals surface area contributed by atoms with Gasteiger partial charge in [-0.15, -0.1) is 5.10 Å². The molecular formula is C11H18N4O3. The Labute approximate surface area is 105 Å². The molecular weight excluding hydrogens is 236 g/mol. The standard InChI is InChI=1S/C11H18N4O3/c1-2-17-11(16)10-9(6-12)15(14-13-10)7-8-4-3-5-18-8/h8H,2-7,12H2,1H3. The van der Waals surface area contributed by atoms with Crippen LogP contribution in [0.15, 0.2) is 0 Å². The molecule has 0 spiro atoms. The van der Waals surface area contributed by atoms with Crippen molar-refractivity contribution in [2.45, 2.75) is 39.0 Å². The highest BCUT2D eigenvalue weighted by Crippen LogP contribution is 2.15. The highest BCUT2D eigenvalue weighted by Gasteiger charge is 2.23. The van der Waals surface area contributed by atoms with Crippen LogP contribution in [0.5, 0.6) is 0 Å². The van der Waals surface area contributed by atoms with Gasteiger partial charge >= 0.3 is 5.97 Å². The normalized spacial score (nSPS) is 19.1. The quantitative estimate of drug-likeness (QED) is 0.749. The van der Waals surface area contributed by atoms with Gasteiger partial charge in [-0.3, -0.25) is 0 Å². The molecule has 2 rings (SSSR count). The van der Waals surface area contributed by atoms with E-state index in [1.54, 1.807) is 11.6 Å². The topological polar surface area (TPSA) is 92.3 Å². The van der Waals surface area contributed by atoms with Crippen molar-refractivity contribution >= 4 is 5.97 Å². The average Bonchev–Trinajstić information content (AvgIpc) is 2.99. The van der Waals surface area contributed by atoms with Gasteiger partial charge in [-0.25, -0.2) is 9.48 Å². The molecule has 0 aromatic carbocycles. The summed E-state index contributed by atoms with van der Waals surface area (Å²) in [5, 5.41) is 7.81.